The van der Waals surface area contributed by atoms with Crippen LogP contribution >= 0.6 is 0 Å². The molecule has 0 saturated heterocycles. The first-order chi connectivity index (χ1) is 5.79. The first-order valence-electron chi connectivity index (χ1n) is 4.44. The van der Waals surface area contributed by atoms with E-state index < -0.39 is 0 Å². The number of nitrogens with zero attached hydrogens (tertiary/aromatic N) is 1. The molecule has 1 aromatic heterocycles. The molecule has 2 rings (SSSR count). The van der Waals surface area contributed by atoms with Crippen molar-refractivity contribution in [2.24, 2.45) is 7.05 Å². The van der Waals surface area contributed by atoms with Crippen molar-refractivity contribution in [1.82, 2.24) is 0 Å². The van der Waals surface area contributed by atoms with E-state index in [2.05, 4.69) is 42.8 Å². The number of aromatic nitrogens is 1. The van der Waals surface area contributed by atoms with Gasteiger partial charge < -0.3 is 0 Å². The van der Waals surface area contributed by atoms with Crippen LogP contribution in [0.4, 0.5) is 0 Å². The summed E-state index contributed by atoms with van der Waals surface area (Å²) < 4.78 is 2.25. The van der Waals surface area contributed by atoms with Gasteiger partial charge in [0.2, 0.25) is 5.69 Å². The highest BCUT2D eigenvalue weighted by atomic mass is 14.9. The van der Waals surface area contributed by atoms with Gasteiger partial charge in [-0.2, -0.15) is 4.57 Å². The van der Waals surface area contributed by atoms with Gasteiger partial charge in [0.1, 0.15) is 7.05 Å². The van der Waals surface area contributed by atoms with Crippen LogP contribution in [0.2, 0.25) is 0 Å². The van der Waals surface area contributed by atoms with Gasteiger partial charge in [-0.25, -0.2) is 0 Å². The molecule has 12 heavy (non-hydrogen) atoms. The lowest BCUT2D eigenvalue weighted by atomic mass is 10.0. The monoisotopic (exact) mass is 160 g/mol. The Bertz CT molecular complexity index is 337. The molecule has 0 aliphatic heterocycles. The van der Waals surface area contributed by atoms with Gasteiger partial charge in [0.25, 0.3) is 0 Å². The van der Waals surface area contributed by atoms with Gasteiger partial charge in [-0.3, -0.25) is 0 Å². The molecular weight excluding hydrogens is 146 g/mol. The van der Waals surface area contributed by atoms with Crippen molar-refractivity contribution in [2.45, 2.75) is 19.8 Å². The third-order valence-electron chi connectivity index (χ3n) is 2.60. The Morgan fingerprint density at radius 3 is 3.00 bits per heavy atom. The zero-order chi connectivity index (χ0) is 8.55. The van der Waals surface area contributed by atoms with Gasteiger partial charge in [0.15, 0.2) is 5.69 Å². The van der Waals surface area contributed by atoms with E-state index >= 15 is 0 Å². The molecule has 0 bridgehead atoms. The standard InChI is InChI=1S/C11H14N/c1-9-7-8-10-5-3-4-6-11(10)12(9)2/h4,6-8H,3,5H2,1-2H3/q+1. The number of allylic oxidation sites excluding steroid dienone is 1. The summed E-state index contributed by atoms with van der Waals surface area (Å²) in [5, 5.41) is 0. The van der Waals surface area contributed by atoms with Crippen LogP contribution in [0.15, 0.2) is 18.2 Å². The zero-order valence-electron chi connectivity index (χ0n) is 7.67. The van der Waals surface area contributed by atoms with Gasteiger partial charge in [-0.1, -0.05) is 6.08 Å². The minimum absolute atomic E-state index is 1.19. The molecule has 0 aromatic carbocycles. The van der Waals surface area contributed by atoms with Crippen molar-refractivity contribution < 1.29 is 4.57 Å². The van der Waals surface area contributed by atoms with Crippen LogP contribution in [0.25, 0.3) is 6.08 Å². The normalized spacial score (nSPS) is 14.5. The van der Waals surface area contributed by atoms with Crippen LogP contribution in [0.1, 0.15) is 23.4 Å². The van der Waals surface area contributed by atoms with E-state index in [4.69, 9.17) is 0 Å². The van der Waals surface area contributed by atoms with Crippen molar-refractivity contribution in [1.29, 1.82) is 0 Å². The molecule has 62 valence electrons. The molecule has 1 aromatic rings. The smallest absolute Gasteiger partial charge is 0.199 e. The molecular formula is C11H14N+. The Morgan fingerprint density at radius 2 is 2.17 bits per heavy atom. The molecule has 1 aliphatic rings. The lowest BCUT2D eigenvalue weighted by Gasteiger charge is -2.08. The average molecular weight is 160 g/mol. The van der Waals surface area contributed by atoms with E-state index in [0.717, 1.165) is 0 Å². The van der Waals surface area contributed by atoms with E-state index in [0.29, 0.717) is 0 Å². The molecule has 1 nitrogen and oxygen atoms in total. The molecule has 0 spiro atoms. The summed E-state index contributed by atoms with van der Waals surface area (Å²) in [5.74, 6) is 0. The van der Waals surface area contributed by atoms with Gasteiger partial charge in [0, 0.05) is 24.6 Å². The quantitative estimate of drug-likeness (QED) is 0.509. The number of fused-ring (bicyclic) bond motifs is 1. The minimum Gasteiger partial charge on any atom is -0.199 e. The first kappa shape index (κ1) is 7.53. The van der Waals surface area contributed by atoms with E-state index in [-0.39, 0.29) is 0 Å². The fourth-order valence-electron chi connectivity index (χ4n) is 1.69. The summed E-state index contributed by atoms with van der Waals surface area (Å²) in [6.45, 7) is 2.14. The molecule has 0 radical (unpaired) electrons. The summed E-state index contributed by atoms with van der Waals surface area (Å²) in [5.41, 5.74) is 4.17. The first-order valence-corrected chi connectivity index (χ1v) is 4.44. The Labute approximate surface area is 73.4 Å². The number of pyridine rings is 1. The number of rotatable bonds is 0. The summed E-state index contributed by atoms with van der Waals surface area (Å²) in [7, 11) is 2.13. The molecule has 0 amide bonds. The van der Waals surface area contributed by atoms with Crippen LogP contribution in [0.5, 0.6) is 0 Å². The predicted octanol–water partition coefficient (Wildman–Crippen LogP) is 1.78. The van der Waals surface area contributed by atoms with Gasteiger partial charge >= 0.3 is 0 Å². The zero-order valence-corrected chi connectivity index (χ0v) is 7.67. The van der Waals surface area contributed by atoms with Crippen LogP contribution in [-0.2, 0) is 13.5 Å². The lowest BCUT2D eigenvalue weighted by molar-refractivity contribution is -0.679. The van der Waals surface area contributed by atoms with Crippen LogP contribution in [0, 0.1) is 6.92 Å². The Balaban J connectivity index is 2.64. The largest absolute Gasteiger partial charge is 0.208 e. The molecule has 1 aliphatic carbocycles. The molecule has 0 fully saturated rings. The van der Waals surface area contributed by atoms with Crippen LogP contribution < -0.4 is 4.57 Å². The van der Waals surface area contributed by atoms with Crippen molar-refractivity contribution in [3.8, 4) is 0 Å². The van der Waals surface area contributed by atoms with E-state index in [1.165, 1.54) is 29.8 Å². The van der Waals surface area contributed by atoms with Crippen molar-refractivity contribution in [3.05, 3.63) is 35.2 Å². The molecule has 0 N–H and O–H groups in total. The Hall–Kier alpha value is -1.11. The topological polar surface area (TPSA) is 3.88 Å². The fraction of sp³-hybridized carbons (Fsp3) is 0.364. The number of aryl methyl sites for hydroxylation is 2. The summed E-state index contributed by atoms with van der Waals surface area (Å²) >= 11 is 0. The van der Waals surface area contributed by atoms with Gasteiger partial charge in [0.05, 0.1) is 0 Å². The molecule has 1 heteroatoms. The molecule has 1 heterocycles. The van der Waals surface area contributed by atoms with Gasteiger partial charge in [-0.15, -0.1) is 0 Å². The fourth-order valence-corrected chi connectivity index (χ4v) is 1.69. The third-order valence-corrected chi connectivity index (χ3v) is 2.60. The van der Waals surface area contributed by atoms with Crippen LogP contribution in [0.3, 0.4) is 0 Å². The molecule has 0 unspecified atom stereocenters. The summed E-state index contributed by atoms with van der Waals surface area (Å²) in [6.07, 6.45) is 6.86. The maximum Gasteiger partial charge on any atom is 0.208 e. The highest BCUT2D eigenvalue weighted by molar-refractivity contribution is 5.49. The Kier molecular flexibility index (Phi) is 1.72. The summed E-state index contributed by atoms with van der Waals surface area (Å²) in [6, 6.07) is 4.44. The maximum absolute atomic E-state index is 2.25. The van der Waals surface area contributed by atoms with Crippen molar-refractivity contribution in [2.75, 3.05) is 0 Å². The van der Waals surface area contributed by atoms with Crippen molar-refractivity contribution >= 4 is 6.08 Å². The van der Waals surface area contributed by atoms with E-state index in [1.807, 2.05) is 0 Å². The lowest BCUT2D eigenvalue weighted by Crippen LogP contribution is -2.37. The highest BCUT2D eigenvalue weighted by Crippen LogP contribution is 2.15. The number of hydrogen-bond acceptors (Lipinski definition) is 0. The molecule has 0 atom stereocenters. The van der Waals surface area contributed by atoms with Gasteiger partial charge in [-0.05, 0) is 18.9 Å². The minimum atomic E-state index is 1.19. The summed E-state index contributed by atoms with van der Waals surface area (Å²) in [4.78, 5) is 0. The maximum atomic E-state index is 2.25. The van der Waals surface area contributed by atoms with E-state index in [1.54, 1.807) is 0 Å². The second kappa shape index (κ2) is 2.74. The highest BCUT2D eigenvalue weighted by Gasteiger charge is 2.14. The Morgan fingerprint density at radius 1 is 1.33 bits per heavy atom. The third kappa shape index (κ3) is 1.06. The van der Waals surface area contributed by atoms with E-state index in [9.17, 15) is 0 Å². The molecule has 0 saturated carbocycles. The second-order valence-electron chi connectivity index (χ2n) is 3.39. The van der Waals surface area contributed by atoms with Crippen molar-refractivity contribution in [3.63, 3.8) is 0 Å². The predicted molar refractivity (Wildman–Crippen MR) is 49.7 cm³/mol. The second-order valence-corrected chi connectivity index (χ2v) is 3.39. The average Bonchev–Trinajstić information content (AvgIpc) is 2.12. The SMILES string of the molecule is Cc1ccc2c([n+]1C)C=CCC2. The number of hydrogen-bond donors (Lipinski definition) is 0. The van der Waals surface area contributed by atoms with Crippen LogP contribution in [-0.4, -0.2) is 0 Å².